The smallest absolute Gasteiger partial charge is 0.255 e. The van der Waals surface area contributed by atoms with Crippen LogP contribution in [-0.2, 0) is 21.2 Å². The van der Waals surface area contributed by atoms with Gasteiger partial charge in [0.05, 0.1) is 11.9 Å². The van der Waals surface area contributed by atoms with Crippen LogP contribution in [-0.4, -0.2) is 39.6 Å². The zero-order valence-corrected chi connectivity index (χ0v) is 16.3. The van der Waals surface area contributed by atoms with Gasteiger partial charge >= 0.3 is 0 Å². The van der Waals surface area contributed by atoms with Crippen LogP contribution in [0.1, 0.15) is 28.8 Å². The van der Waals surface area contributed by atoms with Crippen molar-refractivity contribution in [3.63, 3.8) is 0 Å². The highest BCUT2D eigenvalue weighted by atomic mass is 32.2. The highest BCUT2D eigenvalue weighted by molar-refractivity contribution is 7.92. The van der Waals surface area contributed by atoms with E-state index in [1.54, 1.807) is 35.2 Å². The van der Waals surface area contributed by atoms with Crippen molar-refractivity contribution in [3.05, 3.63) is 53.6 Å². The van der Waals surface area contributed by atoms with Crippen molar-refractivity contribution in [2.24, 2.45) is 0 Å². The molecule has 146 valence electrons. The van der Waals surface area contributed by atoms with Gasteiger partial charge in [0.2, 0.25) is 15.9 Å². The van der Waals surface area contributed by atoms with Crippen LogP contribution < -0.4 is 14.5 Å². The SMILES string of the molecule is CS(=O)(=O)N1CCc2cc(NC(=O)c3cccc(N4CCCC4=O)c3)ccc21. The average molecular weight is 399 g/mol. The minimum absolute atomic E-state index is 0.0756. The molecule has 2 aliphatic heterocycles. The van der Waals surface area contributed by atoms with E-state index in [0.29, 0.717) is 42.9 Å². The third-order valence-electron chi connectivity index (χ3n) is 5.08. The number of fused-ring (bicyclic) bond motifs is 1. The van der Waals surface area contributed by atoms with Crippen molar-refractivity contribution in [1.82, 2.24) is 0 Å². The average Bonchev–Trinajstić information content (AvgIpc) is 3.27. The van der Waals surface area contributed by atoms with Gasteiger partial charge in [-0.1, -0.05) is 6.07 Å². The lowest BCUT2D eigenvalue weighted by Gasteiger charge is -2.17. The lowest BCUT2D eigenvalue weighted by atomic mass is 10.1. The quantitative estimate of drug-likeness (QED) is 0.855. The number of amides is 2. The third kappa shape index (κ3) is 3.47. The Morgan fingerprint density at radius 2 is 1.89 bits per heavy atom. The Kier molecular flexibility index (Phi) is 4.58. The van der Waals surface area contributed by atoms with Crippen molar-refractivity contribution < 1.29 is 18.0 Å². The number of benzene rings is 2. The van der Waals surface area contributed by atoms with Gasteiger partial charge in [0.15, 0.2) is 0 Å². The zero-order valence-electron chi connectivity index (χ0n) is 15.5. The maximum atomic E-state index is 12.7. The van der Waals surface area contributed by atoms with Crippen molar-refractivity contribution in [2.45, 2.75) is 19.3 Å². The van der Waals surface area contributed by atoms with Gasteiger partial charge in [0.1, 0.15) is 0 Å². The highest BCUT2D eigenvalue weighted by Gasteiger charge is 2.26. The molecule has 0 bridgehead atoms. The first kappa shape index (κ1) is 18.5. The number of carbonyl (C=O) groups excluding carboxylic acids is 2. The molecule has 0 radical (unpaired) electrons. The molecule has 4 rings (SSSR count). The topological polar surface area (TPSA) is 86.8 Å². The predicted molar refractivity (Wildman–Crippen MR) is 108 cm³/mol. The van der Waals surface area contributed by atoms with E-state index in [2.05, 4.69) is 5.32 Å². The van der Waals surface area contributed by atoms with E-state index < -0.39 is 10.0 Å². The second-order valence-electron chi connectivity index (χ2n) is 7.08. The number of rotatable bonds is 4. The van der Waals surface area contributed by atoms with E-state index in [1.807, 2.05) is 12.1 Å². The van der Waals surface area contributed by atoms with Crippen LogP contribution in [0.5, 0.6) is 0 Å². The minimum Gasteiger partial charge on any atom is -0.322 e. The molecule has 2 amide bonds. The molecule has 1 saturated heterocycles. The molecule has 2 heterocycles. The Hall–Kier alpha value is -2.87. The maximum Gasteiger partial charge on any atom is 0.255 e. The Balaban J connectivity index is 1.53. The first-order valence-electron chi connectivity index (χ1n) is 9.15. The summed E-state index contributed by atoms with van der Waals surface area (Å²) in [6, 6.07) is 12.3. The molecule has 1 fully saturated rings. The first-order chi connectivity index (χ1) is 13.3. The maximum absolute atomic E-state index is 12.7. The first-order valence-corrected chi connectivity index (χ1v) is 11.0. The van der Waals surface area contributed by atoms with Gasteiger partial charge in [-0.3, -0.25) is 13.9 Å². The molecular weight excluding hydrogens is 378 g/mol. The van der Waals surface area contributed by atoms with Gasteiger partial charge in [-0.15, -0.1) is 0 Å². The molecule has 0 unspecified atom stereocenters. The van der Waals surface area contributed by atoms with E-state index in [0.717, 1.165) is 17.7 Å². The summed E-state index contributed by atoms with van der Waals surface area (Å²) in [6.07, 6.45) is 3.17. The van der Waals surface area contributed by atoms with Crippen LogP contribution in [0.3, 0.4) is 0 Å². The Labute approximate surface area is 164 Å². The van der Waals surface area contributed by atoms with Gasteiger partial charge in [-0.2, -0.15) is 0 Å². The number of sulfonamides is 1. The monoisotopic (exact) mass is 399 g/mol. The summed E-state index contributed by atoms with van der Waals surface area (Å²) in [5, 5.41) is 2.86. The normalized spacial score (nSPS) is 16.4. The van der Waals surface area contributed by atoms with E-state index in [4.69, 9.17) is 0 Å². The van der Waals surface area contributed by atoms with E-state index in [9.17, 15) is 18.0 Å². The summed E-state index contributed by atoms with van der Waals surface area (Å²) in [7, 11) is -3.30. The van der Waals surface area contributed by atoms with Gasteiger partial charge < -0.3 is 10.2 Å². The second-order valence-corrected chi connectivity index (χ2v) is 8.99. The standard InChI is InChI=1S/C20H21N3O4S/c1-28(26,27)23-11-9-14-12-16(7-8-18(14)23)21-20(25)15-4-2-5-17(13-15)22-10-3-6-19(22)24/h2,4-5,7-8,12-13H,3,6,9-11H2,1H3,(H,21,25). The largest absolute Gasteiger partial charge is 0.322 e. The molecule has 0 aliphatic carbocycles. The molecule has 0 aromatic heterocycles. The molecule has 1 N–H and O–H groups in total. The van der Waals surface area contributed by atoms with Crippen molar-refractivity contribution >= 4 is 38.9 Å². The summed E-state index contributed by atoms with van der Waals surface area (Å²) in [6.45, 7) is 1.09. The molecule has 28 heavy (non-hydrogen) atoms. The molecule has 2 aromatic carbocycles. The molecule has 7 nitrogen and oxygen atoms in total. The van der Waals surface area contributed by atoms with Crippen molar-refractivity contribution in [2.75, 3.05) is 33.9 Å². The van der Waals surface area contributed by atoms with E-state index in [-0.39, 0.29) is 11.8 Å². The lowest BCUT2D eigenvalue weighted by Crippen LogP contribution is -2.27. The zero-order chi connectivity index (χ0) is 19.9. The van der Waals surface area contributed by atoms with Crippen LogP contribution in [0.25, 0.3) is 0 Å². The number of hydrogen-bond donors (Lipinski definition) is 1. The summed E-state index contributed by atoms with van der Waals surface area (Å²) >= 11 is 0. The molecule has 2 aromatic rings. The number of nitrogens with one attached hydrogen (secondary N) is 1. The van der Waals surface area contributed by atoms with Crippen LogP contribution in [0.15, 0.2) is 42.5 Å². The van der Waals surface area contributed by atoms with Gasteiger partial charge in [0, 0.05) is 36.4 Å². The fraction of sp³-hybridized carbons (Fsp3) is 0.300. The van der Waals surface area contributed by atoms with Gasteiger partial charge in [-0.05, 0) is 54.8 Å². The summed E-state index contributed by atoms with van der Waals surface area (Å²) < 4.78 is 25.1. The molecule has 8 heteroatoms. The minimum atomic E-state index is -3.30. The molecule has 0 spiro atoms. The van der Waals surface area contributed by atoms with Crippen LogP contribution in [0.4, 0.5) is 17.1 Å². The van der Waals surface area contributed by atoms with E-state index in [1.165, 1.54) is 10.6 Å². The second kappa shape index (κ2) is 6.94. The fourth-order valence-corrected chi connectivity index (χ4v) is 4.69. The van der Waals surface area contributed by atoms with Crippen molar-refractivity contribution in [1.29, 1.82) is 0 Å². The van der Waals surface area contributed by atoms with Crippen LogP contribution in [0.2, 0.25) is 0 Å². The Morgan fingerprint density at radius 1 is 1.07 bits per heavy atom. The Bertz CT molecular complexity index is 1060. The summed E-state index contributed by atoms with van der Waals surface area (Å²) in [5.41, 5.74) is 3.36. The number of carbonyl (C=O) groups is 2. The third-order valence-corrected chi connectivity index (χ3v) is 6.26. The summed E-state index contributed by atoms with van der Waals surface area (Å²) in [5.74, 6) is -0.196. The summed E-state index contributed by atoms with van der Waals surface area (Å²) in [4.78, 5) is 26.3. The van der Waals surface area contributed by atoms with Crippen molar-refractivity contribution in [3.8, 4) is 0 Å². The number of nitrogens with zero attached hydrogens (tertiary/aromatic N) is 2. The fourth-order valence-electron chi connectivity index (χ4n) is 3.73. The van der Waals surface area contributed by atoms with E-state index >= 15 is 0 Å². The molecule has 0 atom stereocenters. The molecular formula is C20H21N3O4S. The predicted octanol–water partition coefficient (Wildman–Crippen LogP) is 2.39. The highest BCUT2D eigenvalue weighted by Crippen LogP contribution is 2.32. The number of anilines is 3. The van der Waals surface area contributed by atoms with Crippen LogP contribution in [0, 0.1) is 0 Å². The van der Waals surface area contributed by atoms with Gasteiger partial charge in [-0.25, -0.2) is 8.42 Å². The molecule has 2 aliphatic rings. The van der Waals surface area contributed by atoms with Crippen LogP contribution >= 0.6 is 0 Å². The molecule has 0 saturated carbocycles. The lowest BCUT2D eigenvalue weighted by molar-refractivity contribution is -0.117. The Morgan fingerprint density at radius 3 is 2.61 bits per heavy atom. The van der Waals surface area contributed by atoms with Gasteiger partial charge in [0.25, 0.3) is 5.91 Å². The number of hydrogen-bond acceptors (Lipinski definition) is 4.